The highest BCUT2D eigenvalue weighted by molar-refractivity contribution is 5.77. The average molecular weight is 1110 g/mol. The molecule has 428 valence electrons. The maximum atomic E-state index is 13.7. The van der Waals surface area contributed by atoms with Crippen LogP contribution < -0.4 is 0 Å². The Kier molecular flexibility index (Phi) is 22.3. The van der Waals surface area contributed by atoms with E-state index in [0.717, 1.165) is 55.7 Å². The molecule has 0 radical (unpaired) electrons. The fourth-order valence-corrected chi connectivity index (χ4v) is 9.81. The SMILES string of the molecule is COC(=O)C1OC(OC2C(OC)OC(COCc3ccccc3)C(OCc3ccccc3)C2OC2OC(C)C(OCc3ccccc3)C(OCc3ccccc3)C2OCc2ccccc2)C(OC(C)=O)C(OC(C)=O)C1OC(C)=O. The molecule has 0 amide bonds. The summed E-state index contributed by atoms with van der Waals surface area (Å²) in [5.41, 5.74) is 4.37. The van der Waals surface area contributed by atoms with Crippen LogP contribution in [0.4, 0.5) is 0 Å². The lowest BCUT2D eigenvalue weighted by Gasteiger charge is -2.51. The topological polar surface area (TPSA) is 207 Å². The number of ether oxygens (including phenoxy) is 15. The maximum absolute atomic E-state index is 13.7. The van der Waals surface area contributed by atoms with Crippen LogP contribution in [0.15, 0.2) is 152 Å². The average Bonchev–Trinajstić information content (AvgIpc) is 3.57. The van der Waals surface area contributed by atoms with Gasteiger partial charge in [0.1, 0.15) is 42.7 Å². The van der Waals surface area contributed by atoms with Crippen molar-refractivity contribution < 1.29 is 90.2 Å². The summed E-state index contributed by atoms with van der Waals surface area (Å²) < 4.78 is 96.8. The highest BCUT2D eigenvalue weighted by Gasteiger charge is 2.59. The van der Waals surface area contributed by atoms with Crippen LogP contribution in [0.3, 0.4) is 0 Å². The molecule has 0 bridgehead atoms. The van der Waals surface area contributed by atoms with Crippen LogP contribution in [0, 0.1) is 0 Å². The third kappa shape index (κ3) is 16.4. The fraction of sp³-hybridized carbons (Fsp3) is 0.443. The first-order chi connectivity index (χ1) is 38.9. The largest absolute Gasteiger partial charge is 0.467 e. The van der Waals surface area contributed by atoms with E-state index in [1.807, 2.05) is 159 Å². The van der Waals surface area contributed by atoms with Crippen LogP contribution in [0.2, 0.25) is 0 Å². The smallest absolute Gasteiger partial charge is 0.339 e. The van der Waals surface area contributed by atoms with Gasteiger partial charge >= 0.3 is 23.9 Å². The van der Waals surface area contributed by atoms with Gasteiger partial charge < -0.3 is 71.1 Å². The number of hydrogen-bond donors (Lipinski definition) is 0. The molecule has 3 fully saturated rings. The molecule has 0 N–H and O–H groups in total. The number of hydrogen-bond acceptors (Lipinski definition) is 19. The van der Waals surface area contributed by atoms with Crippen LogP contribution in [0.5, 0.6) is 0 Å². The molecule has 3 aliphatic heterocycles. The fourth-order valence-electron chi connectivity index (χ4n) is 9.81. The molecule has 0 aliphatic carbocycles. The zero-order chi connectivity index (χ0) is 56.4. The Balaban J connectivity index is 1.24. The van der Waals surface area contributed by atoms with Crippen molar-refractivity contribution in [2.45, 2.75) is 153 Å². The third-order valence-corrected chi connectivity index (χ3v) is 13.5. The molecule has 19 heteroatoms. The van der Waals surface area contributed by atoms with Crippen molar-refractivity contribution in [2.24, 2.45) is 0 Å². The number of rotatable bonds is 25. The number of methoxy groups -OCH3 is 2. The van der Waals surface area contributed by atoms with Gasteiger partial charge in [-0.15, -0.1) is 0 Å². The molecule has 0 saturated carbocycles. The second-order valence-corrected chi connectivity index (χ2v) is 19.4. The van der Waals surface area contributed by atoms with E-state index in [9.17, 15) is 19.2 Å². The summed E-state index contributed by atoms with van der Waals surface area (Å²) in [6.07, 6.45) is -19.6. The zero-order valence-corrected chi connectivity index (χ0v) is 45.6. The van der Waals surface area contributed by atoms with E-state index in [0.29, 0.717) is 0 Å². The van der Waals surface area contributed by atoms with E-state index < -0.39 is 116 Å². The molecule has 3 aliphatic rings. The van der Waals surface area contributed by atoms with Gasteiger partial charge in [0.2, 0.25) is 6.29 Å². The van der Waals surface area contributed by atoms with Gasteiger partial charge in [0, 0.05) is 27.9 Å². The van der Waals surface area contributed by atoms with Gasteiger partial charge in [0.05, 0.1) is 52.9 Å². The minimum atomic E-state index is -1.83. The van der Waals surface area contributed by atoms with Crippen LogP contribution in [-0.4, -0.2) is 137 Å². The Labute approximate surface area is 465 Å². The van der Waals surface area contributed by atoms with Gasteiger partial charge in [-0.2, -0.15) is 0 Å². The molecule has 8 rings (SSSR count). The standard InChI is InChI=1S/C61H70O19/c1-38-48(69-33-43-24-14-8-15-25-43)50(71-35-45-28-18-10-19-29-45)55(72-36-46-30-20-11-21-31-46)60(73-38)78-51-49(70-34-44-26-16-9-17-27-44)47(37-68-32-42-22-12-7-13-23-42)77-59(67-6)56(51)80-61-57(76-41(4)64)53(75-40(3)63)52(74-39(2)62)54(79-61)58(65)66-5/h7-31,38,47-57,59-61H,32-37H2,1-6H3. The van der Waals surface area contributed by atoms with Crippen molar-refractivity contribution in [3.8, 4) is 0 Å². The van der Waals surface area contributed by atoms with Crippen LogP contribution in [0.25, 0.3) is 0 Å². The van der Waals surface area contributed by atoms with Gasteiger partial charge in [-0.05, 0) is 34.7 Å². The first kappa shape index (κ1) is 59.7. The number of carbonyl (C=O) groups is 4. The van der Waals surface area contributed by atoms with Crippen LogP contribution in [0.1, 0.15) is 55.5 Å². The van der Waals surface area contributed by atoms with Gasteiger partial charge in [0.15, 0.2) is 37.0 Å². The van der Waals surface area contributed by atoms with E-state index in [-0.39, 0.29) is 39.6 Å². The Morgan fingerprint density at radius 3 is 1.26 bits per heavy atom. The van der Waals surface area contributed by atoms with Crippen LogP contribution >= 0.6 is 0 Å². The first-order valence-electron chi connectivity index (χ1n) is 26.5. The first-order valence-corrected chi connectivity index (χ1v) is 26.5. The Morgan fingerprint density at radius 1 is 0.400 bits per heavy atom. The van der Waals surface area contributed by atoms with Gasteiger partial charge in [-0.25, -0.2) is 4.79 Å². The van der Waals surface area contributed by atoms with Gasteiger partial charge in [-0.3, -0.25) is 14.4 Å². The predicted octanol–water partition coefficient (Wildman–Crippen LogP) is 7.12. The Morgan fingerprint density at radius 2 is 0.800 bits per heavy atom. The second kappa shape index (κ2) is 29.8. The normalized spacial score (nSPS) is 28.5. The second-order valence-electron chi connectivity index (χ2n) is 19.4. The summed E-state index contributed by atoms with van der Waals surface area (Å²) in [4.78, 5) is 52.3. The third-order valence-electron chi connectivity index (χ3n) is 13.5. The number of carbonyl (C=O) groups excluding carboxylic acids is 4. The van der Waals surface area contributed by atoms with E-state index in [2.05, 4.69) is 0 Å². The molecule has 5 aromatic carbocycles. The molecule has 80 heavy (non-hydrogen) atoms. The monoisotopic (exact) mass is 1110 g/mol. The highest BCUT2D eigenvalue weighted by Crippen LogP contribution is 2.39. The molecular weight excluding hydrogens is 1040 g/mol. The van der Waals surface area contributed by atoms with Gasteiger partial charge in [0.25, 0.3) is 0 Å². The minimum absolute atomic E-state index is 0.0291. The molecule has 5 aromatic rings. The van der Waals surface area contributed by atoms with E-state index in [1.54, 1.807) is 0 Å². The summed E-state index contributed by atoms with van der Waals surface area (Å²) in [5.74, 6) is -3.65. The molecule has 3 heterocycles. The van der Waals surface area contributed by atoms with Crippen molar-refractivity contribution in [1.82, 2.24) is 0 Å². The molecule has 0 spiro atoms. The Bertz CT molecular complexity index is 2670. The van der Waals surface area contributed by atoms with Crippen molar-refractivity contribution >= 4 is 23.9 Å². The van der Waals surface area contributed by atoms with Crippen molar-refractivity contribution in [2.75, 3.05) is 20.8 Å². The van der Waals surface area contributed by atoms with Crippen molar-refractivity contribution in [3.05, 3.63) is 179 Å². The lowest BCUT2D eigenvalue weighted by Crippen LogP contribution is -2.68. The van der Waals surface area contributed by atoms with Crippen LogP contribution in [-0.2, 0) is 123 Å². The Hall–Kier alpha value is -6.46. The summed E-state index contributed by atoms with van der Waals surface area (Å²) in [6, 6.07) is 48.1. The minimum Gasteiger partial charge on any atom is -0.467 e. The van der Waals surface area contributed by atoms with Gasteiger partial charge in [-0.1, -0.05) is 152 Å². The number of esters is 4. The highest BCUT2D eigenvalue weighted by atomic mass is 16.8. The lowest BCUT2D eigenvalue weighted by atomic mass is 9.95. The molecule has 0 aromatic heterocycles. The molecule has 15 unspecified atom stereocenters. The van der Waals surface area contributed by atoms with Crippen molar-refractivity contribution in [1.29, 1.82) is 0 Å². The van der Waals surface area contributed by atoms with E-state index in [1.165, 1.54) is 7.11 Å². The molecule has 15 atom stereocenters. The van der Waals surface area contributed by atoms with E-state index in [4.69, 9.17) is 71.1 Å². The van der Waals surface area contributed by atoms with Crippen molar-refractivity contribution in [3.63, 3.8) is 0 Å². The molecule has 19 nitrogen and oxygen atoms in total. The maximum Gasteiger partial charge on any atom is 0.339 e. The van der Waals surface area contributed by atoms with E-state index >= 15 is 0 Å². The summed E-state index contributed by atoms with van der Waals surface area (Å²) in [6.45, 7) is 5.80. The zero-order valence-electron chi connectivity index (χ0n) is 45.6. The summed E-state index contributed by atoms with van der Waals surface area (Å²) in [7, 11) is 2.48. The molecular formula is C61H70O19. The predicted molar refractivity (Wildman–Crippen MR) is 283 cm³/mol. The quantitative estimate of drug-likeness (QED) is 0.0421. The summed E-state index contributed by atoms with van der Waals surface area (Å²) in [5, 5.41) is 0. The number of benzene rings is 5. The lowest BCUT2D eigenvalue weighted by molar-refractivity contribution is -0.394. The molecule has 3 saturated heterocycles. The summed E-state index contributed by atoms with van der Waals surface area (Å²) >= 11 is 0.